The van der Waals surface area contributed by atoms with E-state index in [-0.39, 0.29) is 11.5 Å². The molecule has 0 aliphatic carbocycles. The Bertz CT molecular complexity index is 465. The molecular formula is C14H19FN2O2. The van der Waals surface area contributed by atoms with Crippen LogP contribution >= 0.6 is 0 Å². The molecular weight excluding hydrogens is 247 g/mol. The average molecular weight is 266 g/mol. The molecule has 1 aliphatic rings. The molecule has 1 fully saturated rings. The first-order valence-corrected chi connectivity index (χ1v) is 6.44. The molecule has 1 aromatic carbocycles. The van der Waals surface area contributed by atoms with Crippen molar-refractivity contribution < 1.29 is 13.9 Å². The van der Waals surface area contributed by atoms with Crippen LogP contribution in [-0.4, -0.2) is 44.1 Å². The number of benzene rings is 1. The van der Waals surface area contributed by atoms with Crippen LogP contribution in [0, 0.1) is 5.82 Å². The molecule has 0 radical (unpaired) electrons. The molecule has 4 nitrogen and oxygen atoms in total. The molecule has 1 unspecified atom stereocenters. The highest BCUT2D eigenvalue weighted by molar-refractivity contribution is 5.94. The predicted molar refractivity (Wildman–Crippen MR) is 70.9 cm³/mol. The minimum absolute atomic E-state index is 0.0569. The Morgan fingerprint density at radius 1 is 1.58 bits per heavy atom. The zero-order valence-corrected chi connectivity index (χ0v) is 11.3. The van der Waals surface area contributed by atoms with E-state index in [1.807, 2.05) is 7.05 Å². The van der Waals surface area contributed by atoms with Crippen molar-refractivity contribution in [3.05, 3.63) is 29.6 Å². The smallest absolute Gasteiger partial charge is 0.254 e. The largest absolute Gasteiger partial charge is 0.497 e. The van der Waals surface area contributed by atoms with Gasteiger partial charge in [0.15, 0.2) is 0 Å². The van der Waals surface area contributed by atoms with Gasteiger partial charge in [0.05, 0.1) is 12.7 Å². The minimum Gasteiger partial charge on any atom is -0.497 e. The Balaban J connectivity index is 1.96. The first-order valence-electron chi connectivity index (χ1n) is 6.44. The molecule has 1 aliphatic heterocycles. The Labute approximate surface area is 112 Å². The van der Waals surface area contributed by atoms with Crippen molar-refractivity contribution in [1.82, 2.24) is 10.2 Å². The fourth-order valence-corrected chi connectivity index (χ4v) is 2.35. The third kappa shape index (κ3) is 3.23. The van der Waals surface area contributed by atoms with Crippen LogP contribution in [0.5, 0.6) is 5.75 Å². The third-order valence-corrected chi connectivity index (χ3v) is 3.59. The molecule has 0 aromatic heterocycles. The lowest BCUT2D eigenvalue weighted by molar-refractivity contribution is 0.0939. The van der Waals surface area contributed by atoms with Crippen LogP contribution in [0.2, 0.25) is 0 Å². The van der Waals surface area contributed by atoms with Crippen molar-refractivity contribution in [3.63, 3.8) is 0 Å². The second-order valence-electron chi connectivity index (χ2n) is 4.83. The normalized spacial score (nSPS) is 19.4. The molecule has 19 heavy (non-hydrogen) atoms. The highest BCUT2D eigenvalue weighted by Crippen LogP contribution is 2.17. The van der Waals surface area contributed by atoms with Gasteiger partial charge in [0, 0.05) is 18.7 Å². The molecule has 1 amide bonds. The number of hydrogen-bond acceptors (Lipinski definition) is 3. The average Bonchev–Trinajstić information content (AvgIpc) is 2.81. The fourth-order valence-electron chi connectivity index (χ4n) is 2.35. The van der Waals surface area contributed by atoms with Gasteiger partial charge in [-0.25, -0.2) is 4.39 Å². The lowest BCUT2D eigenvalue weighted by Crippen LogP contribution is -2.38. The first kappa shape index (κ1) is 13.8. The van der Waals surface area contributed by atoms with Crippen LogP contribution in [0.15, 0.2) is 18.2 Å². The molecule has 5 heteroatoms. The lowest BCUT2D eigenvalue weighted by atomic mass is 10.1. The summed E-state index contributed by atoms with van der Waals surface area (Å²) in [5, 5.41) is 2.79. The first-order chi connectivity index (χ1) is 9.11. The number of amides is 1. The van der Waals surface area contributed by atoms with E-state index in [0.29, 0.717) is 18.3 Å². The molecule has 1 N–H and O–H groups in total. The Kier molecular flexibility index (Phi) is 4.37. The number of rotatable bonds is 4. The number of ether oxygens (including phenoxy) is 1. The number of carbonyl (C=O) groups excluding carboxylic acids is 1. The second kappa shape index (κ2) is 6.02. The quantitative estimate of drug-likeness (QED) is 0.901. The number of likely N-dealkylation sites (tertiary alicyclic amines) is 1. The van der Waals surface area contributed by atoms with Crippen LogP contribution in [0.4, 0.5) is 4.39 Å². The van der Waals surface area contributed by atoms with Crippen molar-refractivity contribution in [2.75, 3.05) is 27.2 Å². The van der Waals surface area contributed by atoms with E-state index in [1.165, 1.54) is 19.2 Å². The van der Waals surface area contributed by atoms with E-state index in [4.69, 9.17) is 4.74 Å². The van der Waals surface area contributed by atoms with Gasteiger partial charge in [-0.1, -0.05) is 0 Å². The standard InChI is InChI=1S/C14H19FN2O2/c1-17-7-3-4-10(17)9-16-14(18)12-6-5-11(19-2)8-13(12)15/h5-6,8,10H,3-4,7,9H2,1-2H3,(H,16,18). The number of halogens is 1. The molecule has 0 spiro atoms. The molecule has 104 valence electrons. The van der Waals surface area contributed by atoms with Crippen LogP contribution in [0.3, 0.4) is 0 Å². The molecule has 1 heterocycles. The van der Waals surface area contributed by atoms with Crippen molar-refractivity contribution >= 4 is 5.91 Å². The second-order valence-corrected chi connectivity index (χ2v) is 4.83. The van der Waals surface area contributed by atoms with Gasteiger partial charge in [-0.3, -0.25) is 4.79 Å². The molecule has 1 aromatic rings. The topological polar surface area (TPSA) is 41.6 Å². The number of nitrogens with one attached hydrogen (secondary N) is 1. The van der Waals surface area contributed by atoms with E-state index >= 15 is 0 Å². The Morgan fingerprint density at radius 3 is 2.95 bits per heavy atom. The summed E-state index contributed by atoms with van der Waals surface area (Å²) in [6.07, 6.45) is 2.22. The molecule has 1 saturated heterocycles. The monoisotopic (exact) mass is 266 g/mol. The molecule has 2 rings (SSSR count). The zero-order valence-electron chi connectivity index (χ0n) is 11.3. The van der Waals surface area contributed by atoms with E-state index < -0.39 is 5.82 Å². The molecule has 0 saturated carbocycles. The van der Waals surface area contributed by atoms with Crippen molar-refractivity contribution in [2.24, 2.45) is 0 Å². The van der Waals surface area contributed by atoms with E-state index in [2.05, 4.69) is 10.2 Å². The number of hydrogen-bond donors (Lipinski definition) is 1. The van der Waals surface area contributed by atoms with E-state index in [0.717, 1.165) is 19.4 Å². The van der Waals surface area contributed by atoms with Crippen LogP contribution in [0.1, 0.15) is 23.2 Å². The van der Waals surface area contributed by atoms with Crippen LogP contribution < -0.4 is 10.1 Å². The summed E-state index contributed by atoms with van der Waals surface area (Å²) in [5.74, 6) is -0.526. The summed E-state index contributed by atoms with van der Waals surface area (Å²) in [7, 11) is 3.50. The maximum Gasteiger partial charge on any atom is 0.254 e. The van der Waals surface area contributed by atoms with Gasteiger partial charge in [0.1, 0.15) is 11.6 Å². The van der Waals surface area contributed by atoms with Gasteiger partial charge in [0.25, 0.3) is 5.91 Å². The summed E-state index contributed by atoms with van der Waals surface area (Å²) in [6.45, 7) is 1.61. The molecule has 1 atom stereocenters. The van der Waals surface area contributed by atoms with Gasteiger partial charge in [-0.15, -0.1) is 0 Å². The Morgan fingerprint density at radius 2 is 2.37 bits per heavy atom. The number of nitrogens with zero attached hydrogens (tertiary/aromatic N) is 1. The highest BCUT2D eigenvalue weighted by Gasteiger charge is 2.22. The van der Waals surface area contributed by atoms with Crippen molar-refractivity contribution in [2.45, 2.75) is 18.9 Å². The summed E-state index contributed by atoms with van der Waals surface area (Å²) in [5.41, 5.74) is 0.0569. The van der Waals surface area contributed by atoms with Crippen molar-refractivity contribution in [1.29, 1.82) is 0 Å². The SMILES string of the molecule is COc1ccc(C(=O)NCC2CCCN2C)c(F)c1. The zero-order chi connectivity index (χ0) is 13.8. The highest BCUT2D eigenvalue weighted by atomic mass is 19.1. The van der Waals surface area contributed by atoms with Crippen LogP contribution in [-0.2, 0) is 0 Å². The summed E-state index contributed by atoms with van der Waals surface area (Å²) in [4.78, 5) is 14.1. The van der Waals surface area contributed by atoms with Crippen molar-refractivity contribution in [3.8, 4) is 5.75 Å². The van der Waals surface area contributed by atoms with Gasteiger partial charge in [-0.2, -0.15) is 0 Å². The predicted octanol–water partition coefficient (Wildman–Crippen LogP) is 1.66. The van der Waals surface area contributed by atoms with Gasteiger partial charge >= 0.3 is 0 Å². The number of carbonyl (C=O) groups is 1. The van der Waals surface area contributed by atoms with Gasteiger partial charge < -0.3 is 15.0 Å². The van der Waals surface area contributed by atoms with E-state index in [1.54, 1.807) is 6.07 Å². The minimum atomic E-state index is -0.559. The van der Waals surface area contributed by atoms with Gasteiger partial charge in [-0.05, 0) is 38.6 Å². The lowest BCUT2D eigenvalue weighted by Gasteiger charge is -2.19. The maximum absolute atomic E-state index is 13.7. The molecule has 0 bridgehead atoms. The van der Waals surface area contributed by atoms with Crippen LogP contribution in [0.25, 0.3) is 0 Å². The summed E-state index contributed by atoms with van der Waals surface area (Å²) >= 11 is 0. The maximum atomic E-state index is 13.7. The summed E-state index contributed by atoms with van der Waals surface area (Å²) < 4.78 is 18.6. The van der Waals surface area contributed by atoms with E-state index in [9.17, 15) is 9.18 Å². The Hall–Kier alpha value is -1.62. The van der Waals surface area contributed by atoms with Gasteiger partial charge in [0.2, 0.25) is 0 Å². The third-order valence-electron chi connectivity index (χ3n) is 3.59. The fraction of sp³-hybridized carbons (Fsp3) is 0.500. The number of likely N-dealkylation sites (N-methyl/N-ethyl adjacent to an activating group) is 1. The number of methoxy groups -OCH3 is 1. The summed E-state index contributed by atoms with van der Waals surface area (Å²) in [6, 6.07) is 4.60.